The number of likely N-dealkylation sites (tertiary alicyclic amines) is 1. The van der Waals surface area contributed by atoms with Gasteiger partial charge in [-0.1, -0.05) is 0 Å². The molecule has 1 aliphatic rings. The van der Waals surface area contributed by atoms with Crippen molar-refractivity contribution in [2.45, 2.75) is 59.3 Å². The number of pyridine rings is 1. The molecule has 1 aromatic carbocycles. The van der Waals surface area contributed by atoms with Gasteiger partial charge >= 0.3 is 6.18 Å². The van der Waals surface area contributed by atoms with Gasteiger partial charge in [-0.3, -0.25) is 9.59 Å². The Morgan fingerprint density at radius 2 is 1.82 bits per heavy atom. The number of aromatic nitrogens is 1. The molecule has 2 aromatic rings. The summed E-state index contributed by atoms with van der Waals surface area (Å²) in [6, 6.07) is 3.95. The van der Waals surface area contributed by atoms with Crippen LogP contribution in [-0.2, 0) is 12.7 Å². The fourth-order valence-corrected chi connectivity index (χ4v) is 4.69. The maximum absolute atomic E-state index is 13.8. The van der Waals surface area contributed by atoms with E-state index < -0.39 is 17.6 Å². The number of H-pyrrole nitrogens is 1. The lowest BCUT2D eigenvalue weighted by Crippen LogP contribution is -2.44. The standard InChI is InChI=1S/C25H33F3N4O2/c1-6-32(19-7-9-31(5)10-8-19)22-13-18(25(26,27)28)12-20(17(22)4)23(33)29-14-21-15(2)11-16(3)30-24(21)34/h11-13,19H,6-10,14H2,1-5H3,(H,29,33)(H,30,34). The number of anilines is 1. The van der Waals surface area contributed by atoms with Gasteiger partial charge < -0.3 is 20.1 Å². The summed E-state index contributed by atoms with van der Waals surface area (Å²) in [5.41, 5.74) is 1.52. The van der Waals surface area contributed by atoms with Crippen LogP contribution in [0, 0.1) is 20.8 Å². The molecule has 0 aliphatic carbocycles. The van der Waals surface area contributed by atoms with Crippen molar-refractivity contribution in [3.8, 4) is 0 Å². The second-order valence-corrected chi connectivity index (χ2v) is 9.11. The Morgan fingerprint density at radius 1 is 1.18 bits per heavy atom. The molecule has 0 atom stereocenters. The van der Waals surface area contributed by atoms with Crippen LogP contribution in [0.1, 0.15) is 58.1 Å². The fraction of sp³-hybridized carbons (Fsp3) is 0.520. The van der Waals surface area contributed by atoms with Gasteiger partial charge in [-0.25, -0.2) is 0 Å². The highest BCUT2D eigenvalue weighted by Gasteiger charge is 2.34. The highest BCUT2D eigenvalue weighted by Crippen LogP contribution is 2.37. The van der Waals surface area contributed by atoms with E-state index in [-0.39, 0.29) is 23.7 Å². The zero-order valence-corrected chi connectivity index (χ0v) is 20.4. The molecule has 2 heterocycles. The van der Waals surface area contributed by atoms with Gasteiger partial charge in [0, 0.05) is 41.6 Å². The zero-order chi connectivity index (χ0) is 25.2. The number of hydrogen-bond acceptors (Lipinski definition) is 4. The van der Waals surface area contributed by atoms with E-state index in [1.54, 1.807) is 26.8 Å². The summed E-state index contributed by atoms with van der Waals surface area (Å²) in [6.45, 7) is 9.34. The number of rotatable bonds is 6. The van der Waals surface area contributed by atoms with Crippen LogP contribution in [0.5, 0.6) is 0 Å². The van der Waals surface area contributed by atoms with Gasteiger partial charge in [-0.05, 0) is 90.0 Å². The smallest absolute Gasteiger partial charge is 0.368 e. The lowest BCUT2D eigenvalue weighted by Gasteiger charge is -2.39. The Hall–Kier alpha value is -2.81. The summed E-state index contributed by atoms with van der Waals surface area (Å²) in [5.74, 6) is -0.636. The molecule has 1 saturated heterocycles. The minimum atomic E-state index is -4.59. The van der Waals surface area contributed by atoms with Crippen molar-refractivity contribution in [3.05, 3.63) is 62.1 Å². The van der Waals surface area contributed by atoms with Crippen LogP contribution in [0.4, 0.5) is 18.9 Å². The molecule has 186 valence electrons. The molecule has 1 amide bonds. The molecule has 1 fully saturated rings. The van der Waals surface area contributed by atoms with Crippen LogP contribution in [0.15, 0.2) is 23.0 Å². The molecule has 1 aromatic heterocycles. The molecule has 34 heavy (non-hydrogen) atoms. The first kappa shape index (κ1) is 25.8. The minimum Gasteiger partial charge on any atom is -0.368 e. The number of aromatic amines is 1. The Bertz CT molecular complexity index is 1100. The average molecular weight is 479 g/mol. The van der Waals surface area contributed by atoms with Gasteiger partial charge in [0.25, 0.3) is 11.5 Å². The van der Waals surface area contributed by atoms with E-state index in [9.17, 15) is 22.8 Å². The van der Waals surface area contributed by atoms with Gasteiger partial charge in [-0.15, -0.1) is 0 Å². The summed E-state index contributed by atoms with van der Waals surface area (Å²) in [4.78, 5) is 32.2. The predicted octanol–water partition coefficient (Wildman–Crippen LogP) is 4.17. The number of nitrogens with zero attached hydrogens (tertiary/aromatic N) is 2. The maximum atomic E-state index is 13.8. The first-order valence-electron chi connectivity index (χ1n) is 11.6. The molecular weight excluding hydrogens is 445 g/mol. The molecule has 0 spiro atoms. The fourth-order valence-electron chi connectivity index (χ4n) is 4.69. The molecule has 6 nitrogen and oxygen atoms in total. The average Bonchev–Trinajstić information content (AvgIpc) is 2.74. The Kier molecular flexibility index (Phi) is 7.75. The Labute approximate surface area is 198 Å². The van der Waals surface area contributed by atoms with Crippen LogP contribution in [0.3, 0.4) is 0 Å². The molecule has 0 unspecified atom stereocenters. The molecule has 0 radical (unpaired) electrons. The van der Waals surface area contributed by atoms with Crippen molar-refractivity contribution in [3.63, 3.8) is 0 Å². The van der Waals surface area contributed by atoms with E-state index in [1.807, 2.05) is 18.9 Å². The van der Waals surface area contributed by atoms with Gasteiger partial charge in [0.15, 0.2) is 0 Å². The number of carbonyl (C=O) groups is 1. The molecule has 3 rings (SSSR count). The van der Waals surface area contributed by atoms with E-state index in [4.69, 9.17) is 0 Å². The number of amides is 1. The van der Waals surface area contributed by atoms with Crippen molar-refractivity contribution in [2.24, 2.45) is 0 Å². The summed E-state index contributed by atoms with van der Waals surface area (Å²) < 4.78 is 41.4. The van der Waals surface area contributed by atoms with Crippen LogP contribution in [0.25, 0.3) is 0 Å². The number of carbonyl (C=O) groups excluding carboxylic acids is 1. The van der Waals surface area contributed by atoms with Crippen molar-refractivity contribution >= 4 is 11.6 Å². The van der Waals surface area contributed by atoms with Crippen molar-refractivity contribution in [2.75, 3.05) is 31.6 Å². The van der Waals surface area contributed by atoms with Crippen LogP contribution in [-0.4, -0.2) is 48.5 Å². The van der Waals surface area contributed by atoms with E-state index >= 15 is 0 Å². The number of piperidine rings is 1. The normalized spacial score (nSPS) is 15.4. The highest BCUT2D eigenvalue weighted by molar-refractivity contribution is 5.97. The molecule has 0 saturated carbocycles. The monoisotopic (exact) mass is 478 g/mol. The van der Waals surface area contributed by atoms with Crippen molar-refractivity contribution in [1.29, 1.82) is 0 Å². The largest absolute Gasteiger partial charge is 0.416 e. The van der Waals surface area contributed by atoms with Gasteiger partial charge in [0.2, 0.25) is 0 Å². The van der Waals surface area contributed by atoms with Gasteiger partial charge in [0.05, 0.1) is 5.56 Å². The quantitative estimate of drug-likeness (QED) is 0.654. The number of alkyl halides is 3. The second-order valence-electron chi connectivity index (χ2n) is 9.11. The third-order valence-corrected chi connectivity index (χ3v) is 6.65. The van der Waals surface area contributed by atoms with Crippen molar-refractivity contribution in [1.82, 2.24) is 15.2 Å². The van der Waals surface area contributed by atoms with Crippen molar-refractivity contribution < 1.29 is 18.0 Å². The van der Waals surface area contributed by atoms with Crippen LogP contribution in [0.2, 0.25) is 0 Å². The molecule has 2 N–H and O–H groups in total. The molecule has 9 heteroatoms. The lowest BCUT2D eigenvalue weighted by atomic mass is 9.97. The predicted molar refractivity (Wildman–Crippen MR) is 127 cm³/mol. The van der Waals surface area contributed by atoms with Crippen LogP contribution >= 0.6 is 0 Å². The summed E-state index contributed by atoms with van der Waals surface area (Å²) in [7, 11) is 2.03. The number of halogens is 3. The summed E-state index contributed by atoms with van der Waals surface area (Å²) >= 11 is 0. The molecular formula is C25H33F3N4O2. The van der Waals surface area contributed by atoms with Gasteiger partial charge in [0.1, 0.15) is 0 Å². The topological polar surface area (TPSA) is 68.4 Å². The molecule has 1 aliphatic heterocycles. The molecule has 0 bridgehead atoms. The SMILES string of the molecule is CCN(c1cc(C(F)(F)F)cc(C(=O)NCc2c(C)cc(C)[nH]c2=O)c1C)C1CCN(C)CC1. The van der Waals surface area contributed by atoms with E-state index in [2.05, 4.69) is 15.2 Å². The maximum Gasteiger partial charge on any atom is 0.416 e. The first-order chi connectivity index (χ1) is 15.9. The highest BCUT2D eigenvalue weighted by atomic mass is 19.4. The van der Waals surface area contributed by atoms with Gasteiger partial charge in [-0.2, -0.15) is 13.2 Å². The third-order valence-electron chi connectivity index (χ3n) is 6.65. The Morgan fingerprint density at radius 3 is 2.38 bits per heavy atom. The number of benzene rings is 1. The Balaban J connectivity index is 1.96. The number of nitrogens with one attached hydrogen (secondary N) is 2. The zero-order valence-electron chi connectivity index (χ0n) is 20.4. The van der Waals surface area contributed by atoms with E-state index in [1.165, 1.54) is 0 Å². The minimum absolute atomic E-state index is 0.0302. The number of hydrogen-bond donors (Lipinski definition) is 2. The number of aryl methyl sites for hydroxylation is 2. The second kappa shape index (κ2) is 10.2. The van der Waals surface area contributed by atoms with E-state index in [0.717, 1.165) is 38.1 Å². The first-order valence-corrected chi connectivity index (χ1v) is 11.6. The summed E-state index contributed by atoms with van der Waals surface area (Å²) in [5, 5.41) is 2.65. The summed E-state index contributed by atoms with van der Waals surface area (Å²) in [6.07, 6.45) is -2.90. The lowest BCUT2D eigenvalue weighted by molar-refractivity contribution is -0.137. The van der Waals surface area contributed by atoms with Crippen LogP contribution < -0.4 is 15.8 Å². The third kappa shape index (κ3) is 5.63. The van der Waals surface area contributed by atoms with E-state index in [0.29, 0.717) is 34.6 Å².